The predicted molar refractivity (Wildman–Crippen MR) is 79.1 cm³/mol. The van der Waals surface area contributed by atoms with Gasteiger partial charge in [-0.25, -0.2) is 0 Å². The summed E-state index contributed by atoms with van der Waals surface area (Å²) in [4.78, 5) is 0. The minimum Gasteiger partial charge on any atom is -0.487 e. The largest absolute Gasteiger partial charge is 0.487 e. The number of nitrogens with one attached hydrogen (secondary N) is 1. The topological polar surface area (TPSA) is 41.5 Å². The Hall–Kier alpha value is -0.740. The fourth-order valence-corrected chi connectivity index (χ4v) is 2.49. The third kappa shape index (κ3) is 4.11. The van der Waals surface area contributed by atoms with E-state index in [0.29, 0.717) is 22.4 Å². The Balaban J connectivity index is 1.99. The molecule has 1 atom stereocenters. The Bertz CT molecular complexity index is 487. The van der Waals surface area contributed by atoms with Crippen LogP contribution in [-0.2, 0) is 0 Å². The van der Waals surface area contributed by atoms with Crippen LogP contribution in [0.1, 0.15) is 18.9 Å². The summed E-state index contributed by atoms with van der Waals surface area (Å²) in [5.74, 6) is 0.693. The smallest absolute Gasteiger partial charge is 0.145 e. The van der Waals surface area contributed by atoms with Crippen LogP contribution in [0.25, 0.3) is 6.08 Å². The van der Waals surface area contributed by atoms with Crippen molar-refractivity contribution in [3.05, 3.63) is 33.3 Å². The van der Waals surface area contributed by atoms with E-state index >= 15 is 0 Å². The quantitative estimate of drug-likeness (QED) is 0.821. The number of fused-ring (bicyclic) bond motifs is 1. The zero-order valence-electron chi connectivity index (χ0n) is 10.7. The summed E-state index contributed by atoms with van der Waals surface area (Å²) in [6.07, 6.45) is 2.51. The lowest BCUT2D eigenvalue weighted by molar-refractivity contribution is 0.184. The van der Waals surface area contributed by atoms with E-state index in [-0.39, 0.29) is 6.10 Å². The molecule has 0 saturated heterocycles. The van der Waals surface area contributed by atoms with Gasteiger partial charge in [0.15, 0.2) is 0 Å². The molecule has 1 heterocycles. The lowest BCUT2D eigenvalue weighted by Gasteiger charge is -2.19. The van der Waals surface area contributed by atoms with Crippen LogP contribution in [0.5, 0.6) is 5.75 Å². The second kappa shape index (κ2) is 6.62. The number of rotatable bonds is 5. The molecule has 19 heavy (non-hydrogen) atoms. The zero-order chi connectivity index (χ0) is 13.8. The molecule has 2 N–H and O–H groups in total. The van der Waals surface area contributed by atoms with E-state index < -0.39 is 0 Å². The number of halogens is 2. The predicted octanol–water partition coefficient (Wildman–Crippen LogP) is 3.13. The van der Waals surface area contributed by atoms with Crippen molar-refractivity contribution in [2.75, 3.05) is 19.7 Å². The van der Waals surface area contributed by atoms with Gasteiger partial charge in [0.05, 0.1) is 11.1 Å². The van der Waals surface area contributed by atoms with E-state index in [1.807, 2.05) is 12.1 Å². The van der Waals surface area contributed by atoms with Crippen molar-refractivity contribution >= 4 is 29.3 Å². The first-order chi connectivity index (χ1) is 9.06. The van der Waals surface area contributed by atoms with Crippen molar-refractivity contribution in [3.8, 4) is 5.75 Å². The fourth-order valence-electron chi connectivity index (χ4n) is 1.93. The number of ether oxygens (including phenoxy) is 1. The van der Waals surface area contributed by atoms with Gasteiger partial charge in [-0.05, 0) is 43.7 Å². The zero-order valence-corrected chi connectivity index (χ0v) is 12.3. The van der Waals surface area contributed by atoms with Gasteiger partial charge in [0.25, 0.3) is 0 Å². The van der Waals surface area contributed by atoms with Crippen molar-refractivity contribution in [1.29, 1.82) is 0 Å². The average Bonchev–Trinajstić information content (AvgIpc) is 2.33. The highest BCUT2D eigenvalue weighted by Crippen LogP contribution is 2.36. The molecule has 0 saturated carbocycles. The second-order valence-electron chi connectivity index (χ2n) is 4.71. The normalized spacial score (nSPS) is 15.5. The van der Waals surface area contributed by atoms with Crippen LogP contribution in [0.4, 0.5) is 0 Å². The molecular weight excluding hydrogens is 285 g/mol. The Morgan fingerprint density at radius 3 is 2.95 bits per heavy atom. The maximum atomic E-state index is 9.17. The average molecular weight is 302 g/mol. The van der Waals surface area contributed by atoms with Gasteiger partial charge in [0.1, 0.15) is 12.4 Å². The van der Waals surface area contributed by atoms with Crippen molar-refractivity contribution in [3.63, 3.8) is 0 Å². The Labute approximate surface area is 123 Å². The van der Waals surface area contributed by atoms with Gasteiger partial charge in [0, 0.05) is 17.1 Å². The second-order valence-corrected chi connectivity index (χ2v) is 5.56. The van der Waals surface area contributed by atoms with Gasteiger partial charge in [-0.3, -0.25) is 0 Å². The van der Waals surface area contributed by atoms with Crippen molar-refractivity contribution in [1.82, 2.24) is 5.32 Å². The Kier molecular flexibility index (Phi) is 5.11. The van der Waals surface area contributed by atoms with Gasteiger partial charge in [-0.1, -0.05) is 23.2 Å². The molecule has 5 heteroatoms. The van der Waals surface area contributed by atoms with Gasteiger partial charge in [-0.15, -0.1) is 0 Å². The summed E-state index contributed by atoms with van der Waals surface area (Å²) in [7, 11) is 0. The highest BCUT2D eigenvalue weighted by Gasteiger charge is 2.15. The molecule has 0 bridgehead atoms. The number of hydrogen-bond acceptors (Lipinski definition) is 3. The van der Waals surface area contributed by atoms with Gasteiger partial charge in [-0.2, -0.15) is 0 Å². The van der Waals surface area contributed by atoms with Crippen molar-refractivity contribution in [2.24, 2.45) is 0 Å². The van der Waals surface area contributed by atoms with Crippen LogP contribution >= 0.6 is 23.2 Å². The standard InChI is InChI=1S/C14H17Cl2NO2/c1-9(18)2-3-17-7-10-4-11-5-12(15)6-13(16)14(11)19-8-10/h4-6,9,17-18H,2-3,7-8H2,1H3. The molecule has 104 valence electrons. The number of aliphatic hydroxyl groups is 1. The molecule has 0 fully saturated rings. The van der Waals surface area contributed by atoms with E-state index in [4.69, 9.17) is 27.9 Å². The highest BCUT2D eigenvalue weighted by molar-refractivity contribution is 6.36. The van der Waals surface area contributed by atoms with E-state index in [2.05, 4.69) is 5.32 Å². The minimum absolute atomic E-state index is 0.276. The first-order valence-corrected chi connectivity index (χ1v) is 7.02. The van der Waals surface area contributed by atoms with Crippen LogP contribution in [0, 0.1) is 0 Å². The molecule has 0 spiro atoms. The van der Waals surface area contributed by atoms with Gasteiger partial charge < -0.3 is 15.2 Å². The monoisotopic (exact) mass is 301 g/mol. The molecule has 0 aliphatic carbocycles. The first kappa shape index (κ1) is 14.7. The molecule has 1 unspecified atom stereocenters. The molecule has 0 amide bonds. The van der Waals surface area contributed by atoms with Crippen LogP contribution in [0.15, 0.2) is 17.7 Å². The molecule has 1 aromatic carbocycles. The number of hydrogen-bond donors (Lipinski definition) is 2. The fraction of sp³-hybridized carbons (Fsp3) is 0.429. The molecule has 1 aromatic rings. The maximum absolute atomic E-state index is 9.17. The van der Waals surface area contributed by atoms with E-state index in [9.17, 15) is 5.11 Å². The van der Waals surface area contributed by atoms with E-state index in [0.717, 1.165) is 30.6 Å². The summed E-state index contributed by atoms with van der Waals surface area (Å²) < 4.78 is 5.65. The third-order valence-corrected chi connectivity index (χ3v) is 3.39. The lowest BCUT2D eigenvalue weighted by Crippen LogP contribution is -2.24. The van der Waals surface area contributed by atoms with Gasteiger partial charge in [0.2, 0.25) is 0 Å². The van der Waals surface area contributed by atoms with Gasteiger partial charge >= 0.3 is 0 Å². The third-order valence-electron chi connectivity index (χ3n) is 2.89. The Morgan fingerprint density at radius 1 is 1.42 bits per heavy atom. The van der Waals surface area contributed by atoms with Crippen LogP contribution in [0.2, 0.25) is 10.0 Å². The summed E-state index contributed by atoms with van der Waals surface area (Å²) in [6.45, 7) is 3.81. The van der Waals surface area contributed by atoms with E-state index in [1.54, 1.807) is 13.0 Å². The highest BCUT2D eigenvalue weighted by atomic mass is 35.5. The molecule has 0 radical (unpaired) electrons. The van der Waals surface area contributed by atoms with Crippen molar-refractivity contribution in [2.45, 2.75) is 19.4 Å². The van der Waals surface area contributed by atoms with Crippen molar-refractivity contribution < 1.29 is 9.84 Å². The van der Waals surface area contributed by atoms with Crippen LogP contribution in [-0.4, -0.2) is 30.9 Å². The lowest BCUT2D eigenvalue weighted by atomic mass is 10.1. The number of benzene rings is 1. The summed E-state index contributed by atoms with van der Waals surface area (Å²) in [5.41, 5.74) is 2.05. The minimum atomic E-state index is -0.276. The number of aliphatic hydroxyl groups excluding tert-OH is 1. The maximum Gasteiger partial charge on any atom is 0.145 e. The van der Waals surface area contributed by atoms with Crippen LogP contribution in [0.3, 0.4) is 0 Å². The summed E-state index contributed by atoms with van der Waals surface area (Å²) in [5, 5.41) is 13.6. The summed E-state index contributed by atoms with van der Waals surface area (Å²) >= 11 is 12.1. The molecule has 0 aromatic heterocycles. The molecule has 2 rings (SSSR count). The molecule has 1 aliphatic rings. The first-order valence-electron chi connectivity index (χ1n) is 6.26. The molecule has 3 nitrogen and oxygen atoms in total. The molecule has 1 aliphatic heterocycles. The SMILES string of the molecule is CC(O)CCNCC1=Cc2cc(Cl)cc(Cl)c2OC1. The van der Waals surface area contributed by atoms with E-state index in [1.165, 1.54) is 0 Å². The Morgan fingerprint density at radius 2 is 2.21 bits per heavy atom. The van der Waals surface area contributed by atoms with Crippen LogP contribution < -0.4 is 10.1 Å². The summed E-state index contributed by atoms with van der Waals surface area (Å²) in [6, 6.07) is 3.53. The molecular formula is C14H17Cl2NO2.